The van der Waals surface area contributed by atoms with Crippen LogP contribution in [0.1, 0.15) is 13.3 Å². The highest BCUT2D eigenvalue weighted by Gasteiger charge is 2.56. The molecule has 0 saturated heterocycles. The summed E-state index contributed by atoms with van der Waals surface area (Å²) in [6, 6.07) is 0. The lowest BCUT2D eigenvalue weighted by molar-refractivity contribution is -0.205. The van der Waals surface area contributed by atoms with Crippen LogP contribution in [-0.4, -0.2) is 41.0 Å². The maximum Gasteiger partial charge on any atom is 0.417 e. The molecule has 0 aliphatic rings. The zero-order chi connectivity index (χ0) is 11.4. The van der Waals surface area contributed by atoms with E-state index in [2.05, 4.69) is 0 Å². The minimum absolute atomic E-state index is 0.0684. The molecule has 0 aromatic carbocycles. The van der Waals surface area contributed by atoms with Crippen LogP contribution >= 0.6 is 0 Å². The Balaban J connectivity index is 4.50. The van der Waals surface area contributed by atoms with Crippen molar-refractivity contribution >= 4 is 5.97 Å². The molecule has 0 aromatic rings. The van der Waals surface area contributed by atoms with E-state index in [9.17, 15) is 18.0 Å². The van der Waals surface area contributed by atoms with Crippen LogP contribution in [0.25, 0.3) is 0 Å². The van der Waals surface area contributed by atoms with Crippen molar-refractivity contribution in [2.45, 2.75) is 25.1 Å². The summed E-state index contributed by atoms with van der Waals surface area (Å²) >= 11 is 0. The monoisotopic (exact) mass is 215 g/mol. The van der Waals surface area contributed by atoms with Gasteiger partial charge in [0.15, 0.2) is 0 Å². The quantitative estimate of drug-likeness (QED) is 0.579. The zero-order valence-electron chi connectivity index (χ0n) is 7.56. The number of hydrogen-bond acceptors (Lipinski definition) is 3. The van der Waals surface area contributed by atoms with E-state index in [4.69, 9.17) is 10.2 Å². The van der Waals surface area contributed by atoms with Crippen molar-refractivity contribution < 1.29 is 28.2 Å². The Bertz CT molecular complexity index is 207. The van der Waals surface area contributed by atoms with Gasteiger partial charge in [0.2, 0.25) is 5.54 Å². The summed E-state index contributed by atoms with van der Waals surface area (Å²) in [6.45, 7) is 0.0477. The normalized spacial score (nSPS) is 16.4. The van der Waals surface area contributed by atoms with Crippen molar-refractivity contribution in [2.24, 2.45) is 0 Å². The average Bonchev–Trinajstić information content (AvgIpc) is 2.02. The molecule has 3 N–H and O–H groups in total. The van der Waals surface area contributed by atoms with Gasteiger partial charge in [-0.1, -0.05) is 0 Å². The molecule has 0 aliphatic heterocycles. The van der Waals surface area contributed by atoms with Gasteiger partial charge >= 0.3 is 12.1 Å². The molecule has 1 atom stereocenters. The van der Waals surface area contributed by atoms with Crippen LogP contribution in [-0.2, 0) is 4.79 Å². The molecule has 0 heterocycles. The number of aliphatic hydroxyl groups excluding tert-OH is 1. The Morgan fingerprint density at radius 3 is 2.21 bits per heavy atom. The van der Waals surface area contributed by atoms with Crippen molar-refractivity contribution in [1.82, 2.24) is 5.32 Å². The number of carboxylic acid groups (broad SMARTS) is 1. The summed E-state index contributed by atoms with van der Waals surface area (Å²) in [5.74, 6) is -1.98. The van der Waals surface area contributed by atoms with Crippen LogP contribution in [0.15, 0.2) is 0 Å². The molecule has 0 fully saturated rings. The van der Waals surface area contributed by atoms with Gasteiger partial charge in [-0.25, -0.2) is 4.79 Å². The number of halogens is 3. The van der Waals surface area contributed by atoms with Gasteiger partial charge in [0, 0.05) is 6.61 Å². The maximum absolute atomic E-state index is 12.3. The fraction of sp³-hybridized carbons (Fsp3) is 0.857. The largest absolute Gasteiger partial charge is 0.480 e. The first-order valence-electron chi connectivity index (χ1n) is 3.91. The number of aliphatic hydroxyl groups is 1. The van der Waals surface area contributed by atoms with Gasteiger partial charge in [0.1, 0.15) is 0 Å². The summed E-state index contributed by atoms with van der Waals surface area (Å²) in [5.41, 5.74) is -2.96. The standard InChI is InChI=1S/C7H12F3NO3/c1-6(5(13)14,7(8,9)10)11-3-2-4-12/h11-12H,2-4H2,1H3,(H,13,14). The van der Waals surface area contributed by atoms with E-state index < -0.39 is 17.7 Å². The molecule has 0 rings (SSSR count). The number of nitrogens with one attached hydrogen (secondary N) is 1. The number of rotatable bonds is 5. The van der Waals surface area contributed by atoms with Crippen LogP contribution in [0.3, 0.4) is 0 Å². The molecular formula is C7H12F3NO3. The van der Waals surface area contributed by atoms with E-state index in [-0.39, 0.29) is 19.6 Å². The maximum atomic E-state index is 12.3. The number of aliphatic carboxylic acids is 1. The van der Waals surface area contributed by atoms with Crippen LogP contribution in [0.2, 0.25) is 0 Å². The van der Waals surface area contributed by atoms with Crippen LogP contribution < -0.4 is 5.32 Å². The lowest BCUT2D eigenvalue weighted by Gasteiger charge is -2.28. The summed E-state index contributed by atoms with van der Waals surface area (Å²) in [4.78, 5) is 10.4. The third-order valence-corrected chi connectivity index (χ3v) is 1.81. The molecule has 0 aromatic heterocycles. The fourth-order valence-electron chi connectivity index (χ4n) is 0.715. The molecule has 14 heavy (non-hydrogen) atoms. The van der Waals surface area contributed by atoms with E-state index in [0.717, 1.165) is 0 Å². The van der Waals surface area contributed by atoms with Crippen LogP contribution in [0, 0.1) is 0 Å². The lowest BCUT2D eigenvalue weighted by Crippen LogP contribution is -2.60. The number of carbonyl (C=O) groups is 1. The Morgan fingerprint density at radius 2 is 1.93 bits per heavy atom. The van der Waals surface area contributed by atoms with E-state index in [1.807, 2.05) is 5.32 Å². The van der Waals surface area contributed by atoms with Gasteiger partial charge < -0.3 is 10.2 Å². The minimum Gasteiger partial charge on any atom is -0.480 e. The summed E-state index contributed by atoms with van der Waals surface area (Å²) in [7, 11) is 0. The Labute approximate surface area is 78.7 Å². The topological polar surface area (TPSA) is 69.6 Å². The predicted molar refractivity (Wildman–Crippen MR) is 41.8 cm³/mol. The molecule has 0 spiro atoms. The smallest absolute Gasteiger partial charge is 0.417 e. The minimum atomic E-state index is -4.87. The van der Waals surface area contributed by atoms with Gasteiger partial charge in [-0.2, -0.15) is 13.2 Å². The Hall–Kier alpha value is -0.820. The van der Waals surface area contributed by atoms with Crippen molar-refractivity contribution in [3.8, 4) is 0 Å². The molecule has 0 saturated carbocycles. The average molecular weight is 215 g/mol. The molecule has 0 aliphatic carbocycles. The van der Waals surface area contributed by atoms with Crippen molar-refractivity contribution in [2.75, 3.05) is 13.2 Å². The van der Waals surface area contributed by atoms with Gasteiger partial charge in [0.25, 0.3) is 0 Å². The van der Waals surface area contributed by atoms with Crippen molar-refractivity contribution in [3.05, 3.63) is 0 Å². The lowest BCUT2D eigenvalue weighted by atomic mass is 10.0. The van der Waals surface area contributed by atoms with Gasteiger partial charge in [-0.15, -0.1) is 0 Å². The first-order valence-corrected chi connectivity index (χ1v) is 3.91. The molecule has 0 radical (unpaired) electrons. The molecular weight excluding hydrogens is 203 g/mol. The van der Waals surface area contributed by atoms with E-state index >= 15 is 0 Å². The molecule has 7 heteroatoms. The Kier molecular flexibility index (Phi) is 4.34. The first kappa shape index (κ1) is 13.2. The van der Waals surface area contributed by atoms with Crippen molar-refractivity contribution in [3.63, 3.8) is 0 Å². The van der Waals surface area contributed by atoms with Crippen LogP contribution in [0.5, 0.6) is 0 Å². The van der Waals surface area contributed by atoms with E-state index in [1.54, 1.807) is 0 Å². The highest BCUT2D eigenvalue weighted by atomic mass is 19.4. The fourth-order valence-corrected chi connectivity index (χ4v) is 0.715. The van der Waals surface area contributed by atoms with Gasteiger partial charge in [-0.05, 0) is 19.9 Å². The predicted octanol–water partition coefficient (Wildman–Crippen LogP) is 0.364. The SMILES string of the molecule is CC(NCCCO)(C(=O)O)C(F)(F)F. The number of carboxylic acids is 1. The molecule has 0 amide bonds. The first-order chi connectivity index (χ1) is 6.25. The highest BCUT2D eigenvalue weighted by molar-refractivity contribution is 5.79. The molecule has 84 valence electrons. The summed E-state index contributed by atoms with van der Waals surface area (Å²) in [6.07, 6.45) is -4.80. The summed E-state index contributed by atoms with van der Waals surface area (Å²) < 4.78 is 36.8. The van der Waals surface area contributed by atoms with Gasteiger partial charge in [-0.3, -0.25) is 5.32 Å². The molecule has 1 unspecified atom stereocenters. The third-order valence-electron chi connectivity index (χ3n) is 1.81. The summed E-state index contributed by atoms with van der Waals surface area (Å²) in [5, 5.41) is 18.6. The van der Waals surface area contributed by atoms with Gasteiger partial charge in [0.05, 0.1) is 0 Å². The second-order valence-electron chi connectivity index (χ2n) is 2.93. The number of hydrogen-bond donors (Lipinski definition) is 3. The second kappa shape index (κ2) is 4.61. The Morgan fingerprint density at radius 1 is 1.43 bits per heavy atom. The zero-order valence-corrected chi connectivity index (χ0v) is 7.56. The molecule has 0 bridgehead atoms. The number of alkyl halides is 3. The van der Waals surface area contributed by atoms with E-state index in [1.165, 1.54) is 0 Å². The van der Waals surface area contributed by atoms with Crippen LogP contribution in [0.4, 0.5) is 13.2 Å². The molecule has 4 nitrogen and oxygen atoms in total. The third kappa shape index (κ3) is 2.85. The van der Waals surface area contributed by atoms with E-state index in [0.29, 0.717) is 6.92 Å². The van der Waals surface area contributed by atoms with Crippen molar-refractivity contribution in [1.29, 1.82) is 0 Å². The second-order valence-corrected chi connectivity index (χ2v) is 2.93. The highest BCUT2D eigenvalue weighted by Crippen LogP contribution is 2.30.